The van der Waals surface area contributed by atoms with Crippen LogP contribution in [0.25, 0.3) is 44.7 Å². The van der Waals surface area contributed by atoms with E-state index in [0.717, 1.165) is 86.8 Å². The Labute approximate surface area is 367 Å². The van der Waals surface area contributed by atoms with Crippen LogP contribution in [0, 0.1) is 11.8 Å². The highest BCUT2D eigenvalue weighted by molar-refractivity contribution is 5.92. The second-order valence-corrected chi connectivity index (χ2v) is 17.5. The minimum Gasteiger partial charge on any atom is -0.472 e. The molecule has 6 heterocycles. The predicted octanol–water partition coefficient (Wildman–Crippen LogP) is 7.11. The first-order valence-corrected chi connectivity index (χ1v) is 22.0. The molecule has 0 aliphatic carbocycles. The average molecular weight is 865 g/mol. The van der Waals surface area contributed by atoms with E-state index < -0.39 is 30.5 Å². The molecule has 3 amide bonds. The lowest BCUT2D eigenvalue weighted by atomic mass is 10.0. The van der Waals surface area contributed by atoms with Gasteiger partial charge in [0.2, 0.25) is 5.91 Å². The van der Waals surface area contributed by atoms with Crippen molar-refractivity contribution in [1.29, 1.82) is 0 Å². The number of rotatable bonds is 13. The number of hydrogen-bond acceptors (Lipinski definition) is 10. The van der Waals surface area contributed by atoms with Crippen LogP contribution < -0.4 is 15.4 Å². The monoisotopic (exact) mass is 864 g/mol. The van der Waals surface area contributed by atoms with E-state index in [9.17, 15) is 19.5 Å². The van der Waals surface area contributed by atoms with Crippen LogP contribution >= 0.6 is 0 Å². The Balaban J connectivity index is 1.03. The van der Waals surface area contributed by atoms with Crippen molar-refractivity contribution in [1.82, 2.24) is 40.0 Å². The van der Waals surface area contributed by atoms with Crippen molar-refractivity contribution < 1.29 is 38.4 Å². The first kappa shape index (κ1) is 43.8. The van der Waals surface area contributed by atoms with Gasteiger partial charge in [-0.3, -0.25) is 9.69 Å². The minimum atomic E-state index is -0.907. The van der Waals surface area contributed by atoms with E-state index in [0.29, 0.717) is 26.2 Å². The number of imidazole rings is 1. The van der Waals surface area contributed by atoms with Gasteiger partial charge in [-0.05, 0) is 73.1 Å². The van der Waals surface area contributed by atoms with Crippen molar-refractivity contribution in [2.45, 2.75) is 104 Å². The molecular formula is C47H60N8O8. The molecule has 6 unspecified atom stereocenters. The molecule has 0 spiro atoms. The fourth-order valence-corrected chi connectivity index (χ4v) is 9.62. The summed E-state index contributed by atoms with van der Waals surface area (Å²) in [4.78, 5) is 54.2. The largest absolute Gasteiger partial charge is 0.472 e. The van der Waals surface area contributed by atoms with Gasteiger partial charge in [0.05, 0.1) is 61.6 Å². The number of amides is 3. The van der Waals surface area contributed by atoms with Gasteiger partial charge in [-0.25, -0.2) is 14.6 Å². The number of aliphatic hydroxyl groups excluding tert-OH is 1. The highest BCUT2D eigenvalue weighted by Gasteiger charge is 2.42. The number of ether oxygens (including phenoxy) is 4. The lowest BCUT2D eigenvalue weighted by Gasteiger charge is -2.35. The lowest BCUT2D eigenvalue weighted by molar-refractivity contribution is -0.135. The molecule has 2 aromatic carbocycles. The highest BCUT2D eigenvalue weighted by Crippen LogP contribution is 2.43. The fourth-order valence-electron chi connectivity index (χ4n) is 9.62. The Hall–Kier alpha value is -5.84. The van der Waals surface area contributed by atoms with Gasteiger partial charge >= 0.3 is 12.2 Å². The van der Waals surface area contributed by atoms with E-state index in [2.05, 4.69) is 80.6 Å². The predicted molar refractivity (Wildman–Crippen MR) is 238 cm³/mol. The number of likely N-dealkylation sites (tertiary alicyclic amines) is 2. The number of nitrogens with zero attached hydrogens (tertiary/aromatic N) is 4. The van der Waals surface area contributed by atoms with Crippen molar-refractivity contribution in [3.05, 3.63) is 71.8 Å². The van der Waals surface area contributed by atoms with Crippen LogP contribution in [0.2, 0.25) is 0 Å². The summed E-state index contributed by atoms with van der Waals surface area (Å²) in [7, 11) is 4.28. The Morgan fingerprint density at radius 3 is 2.38 bits per heavy atom. The molecule has 2 saturated heterocycles. The summed E-state index contributed by atoms with van der Waals surface area (Å²) in [5, 5.41) is 18.1. The number of carbonyl (C=O) groups is 3. The summed E-state index contributed by atoms with van der Waals surface area (Å²) in [6.07, 6.45) is 2.69. The molecule has 0 bridgehead atoms. The minimum absolute atomic E-state index is 0.0186. The average Bonchev–Trinajstić information content (AvgIpc) is 4.14. The molecule has 3 aliphatic rings. The third kappa shape index (κ3) is 8.39. The standard InChI is InChI=1S/C47H60N8O8/c1-9-27-18-33(49-42(27)38-21-31(60-6)23-54(38)45(57)41(26(4)5)52-47(59)62-8)29-12-14-32-37-19-30-17-28(13-15-35(30)55(37)24-63-39(32)20-29)34-22-48-43(50-34)36-11-10-16-53(36)44(56)40(25(2)3)51-46(58)61-7/h12-15,17-20,22,25-26,31,36,38,40-41,44,49,56H,9-11,16,21,23-24H2,1-8H3,(H,48,50)(H,51,58)(H,52,59). The molecule has 3 aromatic heterocycles. The van der Waals surface area contributed by atoms with E-state index in [1.807, 2.05) is 43.7 Å². The smallest absolute Gasteiger partial charge is 0.407 e. The number of methoxy groups -OCH3 is 3. The summed E-state index contributed by atoms with van der Waals surface area (Å²) < 4.78 is 24.1. The zero-order chi connectivity index (χ0) is 44.7. The number of nitrogens with one attached hydrogen (secondary N) is 4. The first-order chi connectivity index (χ1) is 30.3. The topological polar surface area (TPSA) is 188 Å². The SMILES string of the molecule is CCc1cc(-c2ccc3c(c2)OCn2c-3cc3cc(-c4cnc(C5CCCN5C(O)C(NC(=O)OC)C(C)C)[nH]4)ccc32)[nH]c1C1CC(OC)CN1C(=O)C(NC(=O)OC)C(C)C. The van der Waals surface area contributed by atoms with Crippen molar-refractivity contribution in [3.63, 3.8) is 0 Å². The molecule has 5 N–H and O–H groups in total. The quantitative estimate of drug-likeness (QED) is 0.0816. The van der Waals surface area contributed by atoms with E-state index in [1.165, 1.54) is 14.2 Å². The Morgan fingerprint density at radius 1 is 0.921 bits per heavy atom. The summed E-state index contributed by atoms with van der Waals surface area (Å²) >= 11 is 0. The van der Waals surface area contributed by atoms with Gasteiger partial charge in [-0.2, -0.15) is 0 Å². The van der Waals surface area contributed by atoms with Crippen LogP contribution in [-0.4, -0.2) is 111 Å². The van der Waals surface area contributed by atoms with E-state index in [4.69, 9.17) is 23.9 Å². The van der Waals surface area contributed by atoms with Crippen molar-refractivity contribution in [3.8, 4) is 39.5 Å². The number of aliphatic hydroxyl groups is 1. The van der Waals surface area contributed by atoms with Crippen LogP contribution in [0.4, 0.5) is 9.59 Å². The highest BCUT2D eigenvalue weighted by atomic mass is 16.5. The summed E-state index contributed by atoms with van der Waals surface area (Å²) in [6, 6.07) is 15.4. The fraction of sp³-hybridized carbons (Fsp3) is 0.489. The number of aromatic amines is 2. The Bertz CT molecular complexity index is 2470. The molecule has 5 aromatic rings. The van der Waals surface area contributed by atoms with E-state index >= 15 is 0 Å². The van der Waals surface area contributed by atoms with Crippen LogP contribution in [0.15, 0.2) is 54.7 Å². The van der Waals surface area contributed by atoms with Crippen molar-refractivity contribution in [2.24, 2.45) is 11.8 Å². The van der Waals surface area contributed by atoms with E-state index in [1.54, 1.807) is 7.11 Å². The maximum Gasteiger partial charge on any atom is 0.407 e. The van der Waals surface area contributed by atoms with Crippen LogP contribution in [0.5, 0.6) is 5.75 Å². The summed E-state index contributed by atoms with van der Waals surface area (Å²) in [5.41, 5.74) is 8.94. The molecule has 16 heteroatoms. The van der Waals surface area contributed by atoms with Crippen LogP contribution in [0.3, 0.4) is 0 Å². The summed E-state index contributed by atoms with van der Waals surface area (Å²) in [5.74, 6) is 1.22. The Morgan fingerprint density at radius 2 is 1.67 bits per heavy atom. The van der Waals surface area contributed by atoms with Crippen LogP contribution in [-0.2, 0) is 32.2 Å². The molecule has 63 heavy (non-hydrogen) atoms. The molecule has 336 valence electrons. The number of carbonyl (C=O) groups excluding carboxylic acids is 3. The number of alkyl carbamates (subject to hydrolysis) is 2. The maximum absolute atomic E-state index is 14.1. The van der Waals surface area contributed by atoms with Gasteiger partial charge in [0, 0.05) is 60.1 Å². The number of benzene rings is 2. The number of aryl methyl sites for hydroxylation is 1. The third-order valence-corrected chi connectivity index (χ3v) is 13.1. The second-order valence-electron chi connectivity index (χ2n) is 17.5. The molecule has 16 nitrogen and oxygen atoms in total. The normalized spacial score (nSPS) is 20.0. The van der Waals surface area contributed by atoms with Crippen molar-refractivity contribution >= 4 is 29.0 Å². The van der Waals surface area contributed by atoms with Gasteiger partial charge in [0.15, 0.2) is 6.73 Å². The van der Waals surface area contributed by atoms with Gasteiger partial charge in [-0.1, -0.05) is 46.8 Å². The Kier molecular flexibility index (Phi) is 12.6. The second kappa shape index (κ2) is 18.1. The maximum atomic E-state index is 14.1. The number of aromatic nitrogens is 4. The number of fused-ring (bicyclic) bond motifs is 5. The molecule has 2 fully saturated rings. The van der Waals surface area contributed by atoms with Crippen LogP contribution in [0.1, 0.15) is 83.0 Å². The first-order valence-electron chi connectivity index (χ1n) is 22.0. The molecular weight excluding hydrogens is 805 g/mol. The number of H-pyrrole nitrogens is 2. The van der Waals surface area contributed by atoms with Gasteiger partial charge in [0.25, 0.3) is 0 Å². The molecule has 6 atom stereocenters. The molecule has 3 aliphatic heterocycles. The lowest BCUT2D eigenvalue weighted by Crippen LogP contribution is -2.54. The molecule has 8 rings (SSSR count). The van der Waals surface area contributed by atoms with E-state index in [-0.39, 0.29) is 35.9 Å². The third-order valence-electron chi connectivity index (χ3n) is 13.1. The molecule has 0 saturated carbocycles. The summed E-state index contributed by atoms with van der Waals surface area (Å²) in [6.45, 7) is 11.3. The zero-order valence-electron chi connectivity index (χ0n) is 37.4. The zero-order valence-corrected chi connectivity index (χ0v) is 37.4. The van der Waals surface area contributed by atoms with Gasteiger partial charge < -0.3 is 54.1 Å². The van der Waals surface area contributed by atoms with Crippen molar-refractivity contribution in [2.75, 3.05) is 34.4 Å². The molecule has 0 radical (unpaired) electrons. The van der Waals surface area contributed by atoms with Gasteiger partial charge in [-0.15, -0.1) is 0 Å². The number of hydrogen-bond donors (Lipinski definition) is 5. The van der Waals surface area contributed by atoms with Gasteiger partial charge in [0.1, 0.15) is 23.8 Å².